The highest BCUT2D eigenvalue weighted by atomic mass is 32.2. The number of nitrogens with one attached hydrogen (secondary N) is 1. The number of rotatable bonds is 5. The molecule has 0 heterocycles. The summed E-state index contributed by atoms with van der Waals surface area (Å²) >= 11 is 1.94. The summed E-state index contributed by atoms with van der Waals surface area (Å²) in [5.41, 5.74) is 1.02. The van der Waals surface area contributed by atoms with Gasteiger partial charge >= 0.3 is 0 Å². The van der Waals surface area contributed by atoms with E-state index in [1.165, 1.54) is 19.3 Å². The summed E-state index contributed by atoms with van der Waals surface area (Å²) in [5, 5.41) is 4.26. The van der Waals surface area contributed by atoms with Crippen LogP contribution in [-0.4, -0.2) is 31.7 Å². The lowest BCUT2D eigenvalue weighted by atomic mass is 10.2. The van der Waals surface area contributed by atoms with Crippen LogP contribution >= 0.6 is 11.8 Å². The topological polar surface area (TPSA) is 46.2 Å². The van der Waals surface area contributed by atoms with E-state index in [1.807, 2.05) is 23.9 Å². The Balaban J connectivity index is 2.00. The van der Waals surface area contributed by atoms with Gasteiger partial charge in [0.15, 0.2) is 9.84 Å². The van der Waals surface area contributed by atoms with Gasteiger partial charge in [-0.25, -0.2) is 8.42 Å². The molecule has 1 aromatic carbocycles. The lowest BCUT2D eigenvalue weighted by Crippen LogP contribution is -2.16. The quantitative estimate of drug-likeness (QED) is 0.907. The molecule has 1 aliphatic rings. The van der Waals surface area contributed by atoms with Crippen LogP contribution in [0.2, 0.25) is 0 Å². The first-order valence-electron chi connectivity index (χ1n) is 6.67. The maximum absolute atomic E-state index is 11.7. The molecule has 0 aromatic heterocycles. The van der Waals surface area contributed by atoms with E-state index in [0.29, 0.717) is 10.9 Å². The number of hydrogen-bond donors (Lipinski definition) is 1. The minimum absolute atomic E-state index is 0.151. The van der Waals surface area contributed by atoms with Crippen molar-refractivity contribution in [3.8, 4) is 0 Å². The summed E-state index contributed by atoms with van der Waals surface area (Å²) < 4.78 is 23.4. The molecule has 19 heavy (non-hydrogen) atoms. The minimum atomic E-state index is -3.09. The Morgan fingerprint density at radius 1 is 1.26 bits per heavy atom. The van der Waals surface area contributed by atoms with E-state index in [4.69, 9.17) is 0 Å². The van der Waals surface area contributed by atoms with Gasteiger partial charge in [-0.2, -0.15) is 11.8 Å². The molecule has 1 fully saturated rings. The van der Waals surface area contributed by atoms with Gasteiger partial charge in [0.2, 0.25) is 0 Å². The third-order valence-corrected chi connectivity index (χ3v) is 6.53. The number of benzene rings is 1. The SMILES string of the molecule is CCS(=O)(=O)c1ccc(NC2CCC(SC)C2)cc1. The van der Waals surface area contributed by atoms with Gasteiger partial charge in [-0.15, -0.1) is 0 Å². The zero-order valence-electron chi connectivity index (χ0n) is 11.4. The molecule has 0 aliphatic heterocycles. The molecule has 0 spiro atoms. The molecule has 0 bridgehead atoms. The van der Waals surface area contributed by atoms with Gasteiger partial charge in [0.1, 0.15) is 0 Å². The highest BCUT2D eigenvalue weighted by molar-refractivity contribution is 7.99. The van der Waals surface area contributed by atoms with E-state index in [1.54, 1.807) is 19.1 Å². The van der Waals surface area contributed by atoms with Gasteiger partial charge in [-0.3, -0.25) is 0 Å². The third-order valence-electron chi connectivity index (χ3n) is 3.68. The van der Waals surface area contributed by atoms with Crippen LogP contribution in [0.3, 0.4) is 0 Å². The predicted molar refractivity (Wildman–Crippen MR) is 82.7 cm³/mol. The molecule has 2 rings (SSSR count). The highest BCUT2D eigenvalue weighted by Crippen LogP contribution is 2.30. The molecule has 1 aromatic rings. The summed E-state index contributed by atoms with van der Waals surface area (Å²) in [6.45, 7) is 1.67. The van der Waals surface area contributed by atoms with Crippen molar-refractivity contribution in [2.45, 2.75) is 42.4 Å². The van der Waals surface area contributed by atoms with Gasteiger partial charge in [0.05, 0.1) is 10.6 Å². The second-order valence-corrected chi connectivity index (χ2v) is 8.36. The molecule has 2 unspecified atom stereocenters. The van der Waals surface area contributed by atoms with E-state index < -0.39 is 9.84 Å². The monoisotopic (exact) mass is 299 g/mol. The number of sulfone groups is 1. The molecule has 1 aliphatic carbocycles. The lowest BCUT2D eigenvalue weighted by molar-refractivity contribution is 0.597. The maximum Gasteiger partial charge on any atom is 0.178 e. The normalized spacial score (nSPS) is 23.5. The van der Waals surface area contributed by atoms with Crippen LogP contribution < -0.4 is 5.32 Å². The predicted octanol–water partition coefficient (Wildman–Crippen LogP) is 3.18. The molecule has 1 N–H and O–H groups in total. The van der Waals surface area contributed by atoms with Crippen molar-refractivity contribution in [2.24, 2.45) is 0 Å². The first-order valence-corrected chi connectivity index (χ1v) is 9.61. The molecule has 1 saturated carbocycles. The molecule has 2 atom stereocenters. The highest BCUT2D eigenvalue weighted by Gasteiger charge is 2.23. The standard InChI is InChI=1S/C14H21NO2S2/c1-3-19(16,17)14-8-5-11(6-9-14)15-12-4-7-13(10-12)18-2/h5-6,8-9,12-13,15H,3-4,7,10H2,1-2H3. The zero-order valence-corrected chi connectivity index (χ0v) is 13.1. The van der Waals surface area contributed by atoms with Gasteiger partial charge in [0.25, 0.3) is 0 Å². The second-order valence-electron chi connectivity index (χ2n) is 4.94. The Kier molecular flexibility index (Phi) is 4.79. The van der Waals surface area contributed by atoms with Crippen molar-refractivity contribution in [3.63, 3.8) is 0 Å². The fourth-order valence-corrected chi connectivity index (χ4v) is 4.13. The number of thioether (sulfide) groups is 1. The van der Waals surface area contributed by atoms with Crippen LogP contribution in [0.25, 0.3) is 0 Å². The molecule has 0 amide bonds. The summed E-state index contributed by atoms with van der Waals surface area (Å²) in [4.78, 5) is 0.411. The first-order chi connectivity index (χ1) is 9.05. The fourth-order valence-electron chi connectivity index (χ4n) is 2.45. The van der Waals surface area contributed by atoms with Crippen molar-refractivity contribution in [1.82, 2.24) is 0 Å². The number of anilines is 1. The average Bonchev–Trinajstić information content (AvgIpc) is 2.87. The van der Waals surface area contributed by atoms with Crippen LogP contribution in [0.4, 0.5) is 5.69 Å². The largest absolute Gasteiger partial charge is 0.382 e. The fraction of sp³-hybridized carbons (Fsp3) is 0.571. The molecule has 0 saturated heterocycles. The lowest BCUT2D eigenvalue weighted by Gasteiger charge is -2.14. The Morgan fingerprint density at radius 2 is 1.95 bits per heavy atom. The first kappa shape index (κ1) is 14.7. The zero-order chi connectivity index (χ0) is 13.9. The summed E-state index contributed by atoms with van der Waals surface area (Å²) in [7, 11) is -3.09. The summed E-state index contributed by atoms with van der Waals surface area (Å²) in [5.74, 6) is 0.151. The van der Waals surface area contributed by atoms with Crippen molar-refractivity contribution in [3.05, 3.63) is 24.3 Å². The van der Waals surface area contributed by atoms with E-state index in [2.05, 4.69) is 11.6 Å². The van der Waals surface area contributed by atoms with Crippen molar-refractivity contribution >= 4 is 27.3 Å². The van der Waals surface area contributed by atoms with E-state index in [-0.39, 0.29) is 5.75 Å². The van der Waals surface area contributed by atoms with Crippen LogP contribution in [0.15, 0.2) is 29.2 Å². The molecular formula is C14H21NO2S2. The molecule has 0 radical (unpaired) electrons. The number of hydrogen-bond acceptors (Lipinski definition) is 4. The van der Waals surface area contributed by atoms with Gasteiger partial charge in [-0.1, -0.05) is 6.92 Å². The van der Waals surface area contributed by atoms with Crippen molar-refractivity contribution < 1.29 is 8.42 Å². The van der Waals surface area contributed by atoms with Gasteiger partial charge < -0.3 is 5.32 Å². The Morgan fingerprint density at radius 3 is 2.47 bits per heavy atom. The summed E-state index contributed by atoms with van der Waals surface area (Å²) in [6, 6.07) is 7.65. The van der Waals surface area contributed by atoms with Gasteiger partial charge in [-0.05, 0) is 49.8 Å². The molecular weight excluding hydrogens is 278 g/mol. The van der Waals surface area contributed by atoms with Gasteiger partial charge in [0, 0.05) is 17.0 Å². The molecule has 3 nitrogen and oxygen atoms in total. The minimum Gasteiger partial charge on any atom is -0.382 e. The average molecular weight is 299 g/mol. The summed E-state index contributed by atoms with van der Waals surface area (Å²) in [6.07, 6.45) is 5.81. The second kappa shape index (κ2) is 6.18. The Hall–Kier alpha value is -0.680. The van der Waals surface area contributed by atoms with Crippen molar-refractivity contribution in [1.29, 1.82) is 0 Å². The van der Waals surface area contributed by atoms with Crippen LogP contribution in [0, 0.1) is 0 Å². The molecule has 106 valence electrons. The van der Waals surface area contributed by atoms with Crippen molar-refractivity contribution in [2.75, 3.05) is 17.3 Å². The van der Waals surface area contributed by atoms with E-state index in [9.17, 15) is 8.42 Å². The van der Waals surface area contributed by atoms with Crippen LogP contribution in [-0.2, 0) is 9.84 Å². The smallest absolute Gasteiger partial charge is 0.178 e. The van der Waals surface area contributed by atoms with Crippen LogP contribution in [0.5, 0.6) is 0 Å². The molecule has 5 heteroatoms. The maximum atomic E-state index is 11.7. The Labute approximate surface area is 120 Å². The van der Waals surface area contributed by atoms with Crippen LogP contribution in [0.1, 0.15) is 26.2 Å². The Bertz CT molecular complexity index is 511. The van der Waals surface area contributed by atoms with E-state index in [0.717, 1.165) is 10.9 Å². The van der Waals surface area contributed by atoms with E-state index >= 15 is 0 Å². The third kappa shape index (κ3) is 3.66.